The largest absolute Gasteiger partial charge is 0.348 e. The molecule has 0 saturated carbocycles. The van der Waals surface area contributed by atoms with Gasteiger partial charge in [0.15, 0.2) is 0 Å². The molecule has 116 valence electrons. The third-order valence-corrected chi connectivity index (χ3v) is 4.47. The van der Waals surface area contributed by atoms with E-state index in [9.17, 15) is 4.79 Å². The van der Waals surface area contributed by atoms with Crippen molar-refractivity contribution < 1.29 is 4.79 Å². The van der Waals surface area contributed by atoms with Crippen LogP contribution in [-0.2, 0) is 13.0 Å². The number of thiazole rings is 1. The van der Waals surface area contributed by atoms with E-state index in [1.54, 1.807) is 23.7 Å². The van der Waals surface area contributed by atoms with Crippen molar-refractivity contribution in [3.8, 4) is 11.3 Å². The van der Waals surface area contributed by atoms with Crippen LogP contribution in [0.3, 0.4) is 0 Å². The van der Waals surface area contributed by atoms with Crippen LogP contribution >= 0.6 is 11.3 Å². The van der Waals surface area contributed by atoms with Gasteiger partial charge in [0.25, 0.3) is 5.91 Å². The normalized spacial score (nSPS) is 10.5. The van der Waals surface area contributed by atoms with E-state index in [2.05, 4.69) is 27.6 Å². The van der Waals surface area contributed by atoms with Gasteiger partial charge in [-0.25, -0.2) is 4.98 Å². The van der Waals surface area contributed by atoms with Crippen LogP contribution in [0.15, 0.2) is 54.2 Å². The first-order valence-corrected chi connectivity index (χ1v) is 8.36. The molecule has 0 fully saturated rings. The third kappa shape index (κ3) is 3.81. The van der Waals surface area contributed by atoms with Crippen LogP contribution in [0.5, 0.6) is 0 Å². The number of rotatable bonds is 5. The van der Waals surface area contributed by atoms with Crippen molar-refractivity contribution in [1.29, 1.82) is 0 Å². The van der Waals surface area contributed by atoms with Gasteiger partial charge in [-0.1, -0.05) is 25.1 Å². The number of aromatic nitrogens is 2. The zero-order valence-corrected chi connectivity index (χ0v) is 13.6. The lowest BCUT2D eigenvalue weighted by Gasteiger charge is -2.05. The van der Waals surface area contributed by atoms with Crippen LogP contribution < -0.4 is 5.32 Å². The zero-order chi connectivity index (χ0) is 16.1. The summed E-state index contributed by atoms with van der Waals surface area (Å²) >= 11 is 1.66. The Labute approximate surface area is 139 Å². The molecule has 5 heteroatoms. The first-order chi connectivity index (χ1) is 11.3. The monoisotopic (exact) mass is 323 g/mol. The number of nitrogens with one attached hydrogen (secondary N) is 1. The quantitative estimate of drug-likeness (QED) is 0.779. The summed E-state index contributed by atoms with van der Waals surface area (Å²) < 4.78 is 0. The van der Waals surface area contributed by atoms with Gasteiger partial charge in [-0.3, -0.25) is 9.78 Å². The van der Waals surface area contributed by atoms with E-state index in [1.807, 2.05) is 36.4 Å². The molecule has 0 saturated heterocycles. The number of amides is 1. The van der Waals surface area contributed by atoms with Gasteiger partial charge in [0.05, 0.1) is 10.7 Å². The predicted octanol–water partition coefficient (Wildman–Crippen LogP) is 3.70. The van der Waals surface area contributed by atoms with Crippen molar-refractivity contribution in [2.24, 2.45) is 0 Å². The molecule has 3 rings (SSSR count). The SMILES string of the molecule is CCc1nc(-c2ccc(C(=O)NCc3cccnc3)cc2)cs1. The van der Waals surface area contributed by atoms with E-state index in [0.717, 1.165) is 28.2 Å². The van der Waals surface area contributed by atoms with E-state index in [4.69, 9.17) is 0 Å². The minimum absolute atomic E-state index is 0.0899. The van der Waals surface area contributed by atoms with E-state index in [1.165, 1.54) is 0 Å². The summed E-state index contributed by atoms with van der Waals surface area (Å²) in [5.74, 6) is -0.0899. The molecule has 0 unspecified atom stereocenters. The minimum atomic E-state index is -0.0899. The van der Waals surface area contributed by atoms with Crippen molar-refractivity contribution in [1.82, 2.24) is 15.3 Å². The lowest BCUT2D eigenvalue weighted by Crippen LogP contribution is -2.22. The maximum Gasteiger partial charge on any atom is 0.251 e. The molecule has 2 aromatic heterocycles. The number of carbonyl (C=O) groups excluding carboxylic acids is 1. The molecule has 0 atom stereocenters. The lowest BCUT2D eigenvalue weighted by molar-refractivity contribution is 0.0951. The molecular weight excluding hydrogens is 306 g/mol. The van der Waals surface area contributed by atoms with Crippen molar-refractivity contribution in [3.05, 3.63) is 70.3 Å². The van der Waals surface area contributed by atoms with Crippen LogP contribution in [0.2, 0.25) is 0 Å². The Bertz CT molecular complexity index is 782. The Morgan fingerprint density at radius 2 is 2.04 bits per heavy atom. The fourth-order valence-corrected chi connectivity index (χ4v) is 2.94. The molecule has 0 radical (unpaired) electrons. The molecule has 3 aromatic rings. The van der Waals surface area contributed by atoms with Crippen molar-refractivity contribution in [3.63, 3.8) is 0 Å². The smallest absolute Gasteiger partial charge is 0.251 e. The highest BCUT2D eigenvalue weighted by Gasteiger charge is 2.07. The van der Waals surface area contributed by atoms with Gasteiger partial charge >= 0.3 is 0 Å². The summed E-state index contributed by atoms with van der Waals surface area (Å²) in [6.07, 6.45) is 4.41. The van der Waals surface area contributed by atoms with Crippen LogP contribution in [0.4, 0.5) is 0 Å². The number of nitrogens with zero attached hydrogens (tertiary/aromatic N) is 2. The van der Waals surface area contributed by atoms with Gasteiger partial charge in [0.2, 0.25) is 0 Å². The summed E-state index contributed by atoms with van der Waals surface area (Å²) in [5.41, 5.74) is 3.62. The molecule has 0 bridgehead atoms. The molecule has 0 aliphatic heterocycles. The second-order valence-electron chi connectivity index (χ2n) is 5.10. The molecule has 1 amide bonds. The zero-order valence-electron chi connectivity index (χ0n) is 12.8. The average molecular weight is 323 g/mol. The molecular formula is C18H17N3OS. The molecule has 1 aromatic carbocycles. The highest BCUT2D eigenvalue weighted by Crippen LogP contribution is 2.22. The maximum atomic E-state index is 12.2. The standard InChI is InChI=1S/C18H17N3OS/c1-2-17-21-16(12-23-17)14-5-7-15(8-6-14)18(22)20-11-13-4-3-9-19-10-13/h3-10,12H,2,11H2,1H3,(H,20,22). The Hall–Kier alpha value is -2.53. The van der Waals surface area contributed by atoms with Gasteiger partial charge in [-0.05, 0) is 30.2 Å². The minimum Gasteiger partial charge on any atom is -0.348 e. The Morgan fingerprint density at radius 1 is 1.22 bits per heavy atom. The fraction of sp³-hybridized carbons (Fsp3) is 0.167. The second kappa shape index (κ2) is 7.15. The topological polar surface area (TPSA) is 54.9 Å². The summed E-state index contributed by atoms with van der Waals surface area (Å²) in [6, 6.07) is 11.3. The van der Waals surface area contributed by atoms with Crippen LogP contribution in [0.25, 0.3) is 11.3 Å². The Kier molecular flexibility index (Phi) is 4.78. The summed E-state index contributed by atoms with van der Waals surface area (Å²) in [4.78, 5) is 20.8. The molecule has 4 nitrogen and oxygen atoms in total. The Balaban J connectivity index is 1.65. The average Bonchev–Trinajstić information content (AvgIpc) is 3.10. The number of benzene rings is 1. The van der Waals surface area contributed by atoms with Gasteiger partial charge in [-0.2, -0.15) is 0 Å². The molecule has 0 spiro atoms. The van der Waals surface area contributed by atoms with Crippen molar-refractivity contribution in [2.75, 3.05) is 0 Å². The first kappa shape index (κ1) is 15.4. The summed E-state index contributed by atoms with van der Waals surface area (Å²) in [6.45, 7) is 2.57. The maximum absolute atomic E-state index is 12.2. The molecule has 23 heavy (non-hydrogen) atoms. The lowest BCUT2D eigenvalue weighted by atomic mass is 10.1. The fourth-order valence-electron chi connectivity index (χ4n) is 2.19. The molecule has 1 N–H and O–H groups in total. The van der Waals surface area contributed by atoms with Gasteiger partial charge in [0.1, 0.15) is 0 Å². The van der Waals surface area contributed by atoms with Gasteiger partial charge in [-0.15, -0.1) is 11.3 Å². The van der Waals surface area contributed by atoms with E-state index >= 15 is 0 Å². The van der Waals surface area contributed by atoms with Crippen LogP contribution in [0.1, 0.15) is 27.9 Å². The van der Waals surface area contributed by atoms with Crippen molar-refractivity contribution in [2.45, 2.75) is 19.9 Å². The van der Waals surface area contributed by atoms with Gasteiger partial charge < -0.3 is 5.32 Å². The first-order valence-electron chi connectivity index (χ1n) is 7.48. The van der Waals surface area contributed by atoms with E-state index in [-0.39, 0.29) is 5.91 Å². The number of pyridine rings is 1. The van der Waals surface area contributed by atoms with Crippen LogP contribution in [0, 0.1) is 0 Å². The summed E-state index contributed by atoms with van der Waals surface area (Å²) in [5, 5.41) is 6.07. The molecule has 0 aliphatic carbocycles. The predicted molar refractivity (Wildman–Crippen MR) is 92.3 cm³/mol. The second-order valence-corrected chi connectivity index (χ2v) is 6.04. The number of hydrogen-bond acceptors (Lipinski definition) is 4. The highest BCUT2D eigenvalue weighted by molar-refractivity contribution is 7.09. The number of carbonyl (C=O) groups is 1. The van der Waals surface area contributed by atoms with E-state index < -0.39 is 0 Å². The third-order valence-electron chi connectivity index (χ3n) is 3.47. The number of aryl methyl sites for hydroxylation is 1. The van der Waals surface area contributed by atoms with Crippen LogP contribution in [-0.4, -0.2) is 15.9 Å². The molecule has 2 heterocycles. The van der Waals surface area contributed by atoms with E-state index in [0.29, 0.717) is 12.1 Å². The Morgan fingerprint density at radius 3 is 2.70 bits per heavy atom. The van der Waals surface area contributed by atoms with Gasteiger partial charge in [0, 0.05) is 35.4 Å². The molecule has 0 aliphatic rings. The van der Waals surface area contributed by atoms with Crippen molar-refractivity contribution >= 4 is 17.2 Å². The number of hydrogen-bond donors (Lipinski definition) is 1. The summed E-state index contributed by atoms with van der Waals surface area (Å²) in [7, 11) is 0. The highest BCUT2D eigenvalue weighted by atomic mass is 32.1.